The van der Waals surface area contributed by atoms with Crippen LogP contribution in [0, 0.1) is 0 Å². The number of aromatic nitrogens is 5. The Balaban J connectivity index is 0.00000144. The highest BCUT2D eigenvalue weighted by Gasteiger charge is 2.14. The summed E-state index contributed by atoms with van der Waals surface area (Å²) < 4.78 is 7.39. The number of nitrogens with one attached hydrogen (secondary N) is 1. The fourth-order valence-electron chi connectivity index (χ4n) is 2.50. The third-order valence-corrected chi connectivity index (χ3v) is 3.49. The summed E-state index contributed by atoms with van der Waals surface area (Å²) >= 11 is 0. The van der Waals surface area contributed by atoms with Gasteiger partial charge >= 0.3 is 0 Å². The van der Waals surface area contributed by atoms with E-state index in [2.05, 4.69) is 36.8 Å². The maximum atomic E-state index is 5.33. The summed E-state index contributed by atoms with van der Waals surface area (Å²) in [5.74, 6) is 1.17. The molecule has 3 aromatic heterocycles. The molecule has 1 N–H and O–H groups in total. The molecule has 0 aliphatic rings. The molecule has 0 unspecified atom stereocenters. The number of rotatable bonds is 3. The molecule has 0 bridgehead atoms. The number of halogens is 1. The quantitative estimate of drug-likeness (QED) is 0.631. The Labute approximate surface area is 132 Å². The van der Waals surface area contributed by atoms with Gasteiger partial charge in [-0.1, -0.05) is 23.4 Å². The molecular formula is C15H14ClN5O. The molecule has 0 spiro atoms. The summed E-state index contributed by atoms with van der Waals surface area (Å²) in [4.78, 5) is 11.5. The number of aryl methyl sites for hydroxylation is 1. The van der Waals surface area contributed by atoms with E-state index in [4.69, 9.17) is 4.52 Å². The van der Waals surface area contributed by atoms with Crippen molar-refractivity contribution >= 4 is 23.3 Å². The molecule has 0 fully saturated rings. The topological polar surface area (TPSA) is 72.5 Å². The Hall–Kier alpha value is -2.60. The number of hydrogen-bond donors (Lipinski definition) is 1. The average Bonchev–Trinajstić information content (AvgIpc) is 3.21. The van der Waals surface area contributed by atoms with Crippen molar-refractivity contribution < 1.29 is 4.52 Å². The zero-order chi connectivity index (χ0) is 14.2. The molecule has 7 heteroatoms. The van der Waals surface area contributed by atoms with E-state index in [-0.39, 0.29) is 12.4 Å². The van der Waals surface area contributed by atoms with Gasteiger partial charge in [0.1, 0.15) is 0 Å². The molecular weight excluding hydrogens is 302 g/mol. The van der Waals surface area contributed by atoms with E-state index >= 15 is 0 Å². The Morgan fingerprint density at radius 1 is 1.27 bits per heavy atom. The van der Waals surface area contributed by atoms with E-state index in [9.17, 15) is 0 Å². The van der Waals surface area contributed by atoms with Crippen LogP contribution in [0.25, 0.3) is 22.3 Å². The number of H-pyrrole nitrogens is 1. The van der Waals surface area contributed by atoms with Crippen molar-refractivity contribution in [3.8, 4) is 11.4 Å². The largest absolute Gasteiger partial charge is 0.351 e. The number of para-hydroxylation sites is 1. The minimum Gasteiger partial charge on any atom is -0.351 e. The molecule has 22 heavy (non-hydrogen) atoms. The van der Waals surface area contributed by atoms with Crippen molar-refractivity contribution in [1.29, 1.82) is 0 Å². The standard InChI is InChI=1S/C15H13N5O.ClH/c1-20-8-12(11-4-2-3-5-13(11)20)15-18-14(21-19-15)6-10-7-16-9-17-10;/h2-5,7-9H,6H2,1H3,(H,16,17);1H. The third-order valence-electron chi connectivity index (χ3n) is 3.49. The fourth-order valence-corrected chi connectivity index (χ4v) is 2.50. The van der Waals surface area contributed by atoms with Gasteiger partial charge in [-0.05, 0) is 6.07 Å². The fraction of sp³-hybridized carbons (Fsp3) is 0.133. The first-order chi connectivity index (χ1) is 10.3. The summed E-state index contributed by atoms with van der Waals surface area (Å²) in [5.41, 5.74) is 3.00. The van der Waals surface area contributed by atoms with E-state index in [0.717, 1.165) is 22.2 Å². The van der Waals surface area contributed by atoms with Crippen LogP contribution < -0.4 is 0 Å². The van der Waals surface area contributed by atoms with E-state index in [1.54, 1.807) is 6.33 Å². The Kier molecular flexibility index (Phi) is 3.68. The molecule has 1 aromatic carbocycles. The van der Waals surface area contributed by atoms with E-state index in [0.29, 0.717) is 18.1 Å². The van der Waals surface area contributed by atoms with Gasteiger partial charge in [-0.2, -0.15) is 4.98 Å². The molecule has 0 saturated carbocycles. The predicted molar refractivity (Wildman–Crippen MR) is 84.9 cm³/mol. The highest BCUT2D eigenvalue weighted by molar-refractivity contribution is 5.94. The van der Waals surface area contributed by atoms with Crippen LogP contribution in [0.5, 0.6) is 0 Å². The van der Waals surface area contributed by atoms with Gasteiger partial charge in [0.15, 0.2) is 0 Å². The van der Waals surface area contributed by atoms with Crippen molar-refractivity contribution in [2.75, 3.05) is 0 Å². The van der Waals surface area contributed by atoms with Gasteiger partial charge in [-0.25, -0.2) is 4.98 Å². The Morgan fingerprint density at radius 2 is 2.14 bits per heavy atom. The van der Waals surface area contributed by atoms with Crippen molar-refractivity contribution in [2.24, 2.45) is 7.05 Å². The molecule has 0 amide bonds. The monoisotopic (exact) mass is 315 g/mol. The summed E-state index contributed by atoms with van der Waals surface area (Å²) in [6, 6.07) is 8.17. The van der Waals surface area contributed by atoms with Crippen LogP contribution in [-0.4, -0.2) is 24.7 Å². The Bertz CT molecular complexity index is 894. The van der Waals surface area contributed by atoms with Crippen molar-refractivity contribution in [3.63, 3.8) is 0 Å². The second-order valence-corrected chi connectivity index (χ2v) is 4.92. The van der Waals surface area contributed by atoms with Crippen molar-refractivity contribution in [3.05, 3.63) is 54.6 Å². The molecule has 6 nitrogen and oxygen atoms in total. The zero-order valence-electron chi connectivity index (χ0n) is 11.9. The van der Waals surface area contributed by atoms with Gasteiger partial charge in [-0.15, -0.1) is 12.4 Å². The summed E-state index contributed by atoms with van der Waals surface area (Å²) in [5, 5.41) is 5.21. The first-order valence-corrected chi connectivity index (χ1v) is 6.66. The van der Waals surface area contributed by atoms with Gasteiger partial charge in [0.2, 0.25) is 11.7 Å². The minimum absolute atomic E-state index is 0. The molecule has 0 aliphatic heterocycles. The number of hydrogen-bond acceptors (Lipinski definition) is 4. The third kappa shape index (κ3) is 2.37. The van der Waals surface area contributed by atoms with Crippen molar-refractivity contribution in [1.82, 2.24) is 24.7 Å². The highest BCUT2D eigenvalue weighted by atomic mass is 35.5. The summed E-state index contributed by atoms with van der Waals surface area (Å²) in [6.07, 6.45) is 6.01. The number of nitrogens with zero attached hydrogens (tertiary/aromatic N) is 4. The van der Waals surface area contributed by atoms with E-state index in [1.807, 2.05) is 31.6 Å². The second-order valence-electron chi connectivity index (χ2n) is 4.92. The molecule has 3 heterocycles. The smallest absolute Gasteiger partial charge is 0.233 e. The van der Waals surface area contributed by atoms with Gasteiger partial charge < -0.3 is 14.1 Å². The first kappa shape index (κ1) is 14.3. The predicted octanol–water partition coefficient (Wildman–Crippen LogP) is 2.96. The van der Waals surface area contributed by atoms with Crippen LogP contribution >= 0.6 is 12.4 Å². The summed E-state index contributed by atoms with van der Waals surface area (Å²) in [7, 11) is 2.01. The van der Waals surface area contributed by atoms with Crippen molar-refractivity contribution in [2.45, 2.75) is 6.42 Å². The molecule has 112 valence electrons. The lowest BCUT2D eigenvalue weighted by Gasteiger charge is -1.93. The normalized spacial score (nSPS) is 10.8. The molecule has 0 aliphatic carbocycles. The minimum atomic E-state index is 0. The number of aromatic amines is 1. The van der Waals surface area contributed by atoms with Crippen LogP contribution in [0.2, 0.25) is 0 Å². The molecule has 0 radical (unpaired) electrons. The number of fused-ring (bicyclic) bond motifs is 1. The van der Waals surface area contributed by atoms with Crippen LogP contribution in [0.15, 0.2) is 47.5 Å². The SMILES string of the molecule is Cl.Cn1cc(-c2noc(Cc3c[nH]cn3)n2)c2ccccc21. The zero-order valence-corrected chi connectivity index (χ0v) is 12.7. The van der Waals surface area contributed by atoms with Gasteiger partial charge in [-0.3, -0.25) is 0 Å². The van der Waals surface area contributed by atoms with Crippen LogP contribution in [0.1, 0.15) is 11.6 Å². The first-order valence-electron chi connectivity index (χ1n) is 6.66. The van der Waals surface area contributed by atoms with E-state index in [1.165, 1.54) is 0 Å². The second kappa shape index (κ2) is 5.65. The lowest BCUT2D eigenvalue weighted by Crippen LogP contribution is -1.88. The molecule has 0 atom stereocenters. The van der Waals surface area contributed by atoms with Crippen LogP contribution in [0.4, 0.5) is 0 Å². The van der Waals surface area contributed by atoms with Crippen LogP contribution in [-0.2, 0) is 13.5 Å². The molecule has 4 rings (SSSR count). The van der Waals surface area contributed by atoms with Gasteiger partial charge in [0.05, 0.1) is 18.4 Å². The van der Waals surface area contributed by atoms with E-state index < -0.39 is 0 Å². The lowest BCUT2D eigenvalue weighted by molar-refractivity contribution is 0.385. The van der Waals surface area contributed by atoms with Crippen LogP contribution in [0.3, 0.4) is 0 Å². The molecule has 4 aromatic rings. The maximum absolute atomic E-state index is 5.33. The highest BCUT2D eigenvalue weighted by Crippen LogP contribution is 2.28. The lowest BCUT2D eigenvalue weighted by atomic mass is 10.2. The molecule has 0 saturated heterocycles. The summed E-state index contributed by atoms with van der Waals surface area (Å²) in [6.45, 7) is 0. The number of benzene rings is 1. The average molecular weight is 316 g/mol. The van der Waals surface area contributed by atoms with Gasteiger partial charge in [0.25, 0.3) is 0 Å². The Morgan fingerprint density at radius 3 is 2.95 bits per heavy atom. The maximum Gasteiger partial charge on any atom is 0.233 e. The van der Waals surface area contributed by atoms with Gasteiger partial charge in [0, 0.05) is 35.9 Å². The number of imidazole rings is 1.